The van der Waals surface area contributed by atoms with Crippen molar-refractivity contribution in [2.24, 2.45) is 5.73 Å². The first-order valence-corrected chi connectivity index (χ1v) is 4.24. The highest BCUT2D eigenvalue weighted by atomic mass is 35.5. The van der Waals surface area contributed by atoms with Gasteiger partial charge in [0.25, 0.3) is 11.6 Å². The Hall–Kier alpha value is -1.73. The zero-order chi connectivity index (χ0) is 11.3. The van der Waals surface area contributed by atoms with Crippen molar-refractivity contribution in [3.8, 4) is 0 Å². The molecule has 16 heavy (non-hydrogen) atoms. The predicted octanol–water partition coefficient (Wildman–Crippen LogP) is 0.100. The monoisotopic (exact) mass is 246 g/mol. The minimum atomic E-state index is -0.575. The highest BCUT2D eigenvalue weighted by Gasteiger charge is 2.09. The van der Waals surface area contributed by atoms with E-state index in [0.29, 0.717) is 13.1 Å². The average Bonchev–Trinajstić information content (AvgIpc) is 2.26. The van der Waals surface area contributed by atoms with Crippen LogP contribution in [0.4, 0.5) is 5.69 Å². The molecule has 0 aromatic carbocycles. The third-order valence-corrected chi connectivity index (χ3v) is 1.62. The molecule has 0 saturated carbocycles. The van der Waals surface area contributed by atoms with Gasteiger partial charge in [-0.2, -0.15) is 0 Å². The van der Waals surface area contributed by atoms with Gasteiger partial charge in [0.2, 0.25) is 0 Å². The van der Waals surface area contributed by atoms with Crippen LogP contribution in [0, 0.1) is 10.1 Å². The van der Waals surface area contributed by atoms with E-state index in [1.807, 2.05) is 0 Å². The fourth-order valence-corrected chi connectivity index (χ4v) is 0.905. The molecule has 0 radical (unpaired) electrons. The maximum absolute atomic E-state index is 11.3. The zero-order valence-electron chi connectivity index (χ0n) is 8.25. The molecule has 0 spiro atoms. The molecule has 1 amide bonds. The second kappa shape index (κ2) is 6.70. The Kier molecular flexibility index (Phi) is 5.97. The fourth-order valence-electron chi connectivity index (χ4n) is 0.905. The summed E-state index contributed by atoms with van der Waals surface area (Å²) in [5.74, 6) is -0.393. The molecule has 7 nitrogen and oxygen atoms in total. The van der Waals surface area contributed by atoms with Gasteiger partial charge in [-0.05, 0) is 6.07 Å². The van der Waals surface area contributed by atoms with Gasteiger partial charge in [-0.3, -0.25) is 14.9 Å². The number of carbonyl (C=O) groups is 1. The normalized spacial score (nSPS) is 9.06. The molecule has 0 atom stereocenters. The molecule has 8 heteroatoms. The molecule has 1 heterocycles. The van der Waals surface area contributed by atoms with E-state index in [2.05, 4.69) is 10.3 Å². The number of nitrogens with zero attached hydrogens (tertiary/aromatic N) is 2. The highest BCUT2D eigenvalue weighted by molar-refractivity contribution is 5.92. The lowest BCUT2D eigenvalue weighted by atomic mass is 10.3. The predicted molar refractivity (Wildman–Crippen MR) is 59.5 cm³/mol. The summed E-state index contributed by atoms with van der Waals surface area (Å²) in [5.41, 5.74) is 5.18. The van der Waals surface area contributed by atoms with E-state index in [0.717, 1.165) is 6.20 Å². The molecular formula is C8H11ClN4O3. The van der Waals surface area contributed by atoms with Crippen molar-refractivity contribution in [3.05, 3.63) is 34.1 Å². The average molecular weight is 247 g/mol. The molecule has 1 rings (SSSR count). The quantitative estimate of drug-likeness (QED) is 0.578. The molecule has 0 fully saturated rings. The Morgan fingerprint density at radius 1 is 1.56 bits per heavy atom. The molecule has 1 aromatic heterocycles. The fraction of sp³-hybridized carbons (Fsp3) is 0.250. The van der Waals surface area contributed by atoms with E-state index in [9.17, 15) is 14.9 Å². The van der Waals surface area contributed by atoms with Gasteiger partial charge in [0, 0.05) is 19.2 Å². The number of hydrogen-bond donors (Lipinski definition) is 2. The zero-order valence-corrected chi connectivity index (χ0v) is 9.07. The number of nitrogens with two attached hydrogens (primary N) is 1. The summed E-state index contributed by atoms with van der Waals surface area (Å²) in [4.78, 5) is 24.7. The number of hydrogen-bond acceptors (Lipinski definition) is 5. The van der Waals surface area contributed by atoms with Gasteiger partial charge in [-0.1, -0.05) is 0 Å². The number of halogens is 1. The van der Waals surface area contributed by atoms with Crippen LogP contribution in [0.25, 0.3) is 0 Å². The van der Waals surface area contributed by atoms with E-state index in [-0.39, 0.29) is 23.8 Å². The largest absolute Gasteiger partial charge is 0.349 e. The van der Waals surface area contributed by atoms with Gasteiger partial charge in [0.1, 0.15) is 11.9 Å². The lowest BCUT2D eigenvalue weighted by molar-refractivity contribution is -0.385. The van der Waals surface area contributed by atoms with Crippen LogP contribution in [0.2, 0.25) is 0 Å². The molecule has 0 bridgehead atoms. The van der Waals surface area contributed by atoms with Crippen LogP contribution >= 0.6 is 12.4 Å². The van der Waals surface area contributed by atoms with Crippen LogP contribution < -0.4 is 11.1 Å². The summed E-state index contributed by atoms with van der Waals surface area (Å²) in [6.07, 6.45) is 1.04. The molecule has 88 valence electrons. The summed E-state index contributed by atoms with van der Waals surface area (Å²) < 4.78 is 0. The number of rotatable bonds is 4. The van der Waals surface area contributed by atoms with E-state index in [1.165, 1.54) is 12.1 Å². The van der Waals surface area contributed by atoms with Crippen LogP contribution in [0.3, 0.4) is 0 Å². The Labute approximate surface area is 97.6 Å². The standard InChI is InChI=1S/C8H10N4O3.ClH/c9-3-4-10-8(13)7-2-1-6(5-11-7)12(14)15;/h1-2,5H,3-4,9H2,(H,10,13);1H. The Morgan fingerprint density at radius 2 is 2.25 bits per heavy atom. The Balaban J connectivity index is 0.00000225. The second-order valence-electron chi connectivity index (χ2n) is 2.70. The van der Waals surface area contributed by atoms with E-state index in [4.69, 9.17) is 5.73 Å². The van der Waals surface area contributed by atoms with Crippen molar-refractivity contribution in [2.75, 3.05) is 13.1 Å². The van der Waals surface area contributed by atoms with Gasteiger partial charge < -0.3 is 11.1 Å². The smallest absolute Gasteiger partial charge is 0.287 e. The minimum Gasteiger partial charge on any atom is -0.349 e. The van der Waals surface area contributed by atoms with Crippen LogP contribution in [0.15, 0.2) is 18.3 Å². The van der Waals surface area contributed by atoms with Crippen LogP contribution in [0.1, 0.15) is 10.5 Å². The Bertz CT molecular complexity index is 368. The lowest BCUT2D eigenvalue weighted by Crippen LogP contribution is -2.29. The number of nitro groups is 1. The minimum absolute atomic E-state index is 0. The van der Waals surface area contributed by atoms with Gasteiger partial charge >= 0.3 is 0 Å². The van der Waals surface area contributed by atoms with Crippen molar-refractivity contribution >= 4 is 24.0 Å². The van der Waals surface area contributed by atoms with E-state index in [1.54, 1.807) is 0 Å². The summed E-state index contributed by atoms with van der Waals surface area (Å²) in [6, 6.07) is 2.52. The molecular weight excluding hydrogens is 236 g/mol. The van der Waals surface area contributed by atoms with Gasteiger partial charge in [-0.15, -0.1) is 12.4 Å². The summed E-state index contributed by atoms with van der Waals surface area (Å²) in [7, 11) is 0. The van der Waals surface area contributed by atoms with E-state index < -0.39 is 10.8 Å². The van der Waals surface area contributed by atoms with Gasteiger partial charge in [0.15, 0.2) is 0 Å². The SMILES string of the molecule is Cl.NCCNC(=O)c1ccc([N+](=O)[O-])cn1. The van der Waals surface area contributed by atoms with Gasteiger partial charge in [0.05, 0.1) is 4.92 Å². The maximum atomic E-state index is 11.3. The Morgan fingerprint density at radius 3 is 2.69 bits per heavy atom. The lowest BCUT2D eigenvalue weighted by Gasteiger charge is -2.01. The number of pyridine rings is 1. The summed E-state index contributed by atoms with van der Waals surface area (Å²) in [6.45, 7) is 0.677. The summed E-state index contributed by atoms with van der Waals surface area (Å²) >= 11 is 0. The number of nitrogens with one attached hydrogen (secondary N) is 1. The number of carbonyl (C=O) groups excluding carboxylic acids is 1. The highest BCUT2D eigenvalue weighted by Crippen LogP contribution is 2.08. The first kappa shape index (κ1) is 14.3. The summed E-state index contributed by atoms with van der Waals surface area (Å²) in [5, 5.41) is 12.8. The molecule has 0 aliphatic heterocycles. The van der Waals surface area contributed by atoms with Crippen LogP contribution in [-0.2, 0) is 0 Å². The molecule has 1 aromatic rings. The topological polar surface area (TPSA) is 111 Å². The van der Waals surface area contributed by atoms with Crippen LogP contribution in [0.5, 0.6) is 0 Å². The first-order chi connectivity index (χ1) is 7.15. The molecule has 0 aliphatic carbocycles. The van der Waals surface area contributed by atoms with E-state index >= 15 is 0 Å². The molecule has 0 aliphatic rings. The first-order valence-electron chi connectivity index (χ1n) is 4.24. The molecule has 3 N–H and O–H groups in total. The number of amides is 1. The third-order valence-electron chi connectivity index (χ3n) is 1.62. The second-order valence-corrected chi connectivity index (χ2v) is 2.70. The van der Waals surface area contributed by atoms with Crippen molar-refractivity contribution in [1.82, 2.24) is 10.3 Å². The van der Waals surface area contributed by atoms with Crippen molar-refractivity contribution in [1.29, 1.82) is 0 Å². The van der Waals surface area contributed by atoms with Crippen LogP contribution in [-0.4, -0.2) is 28.9 Å². The van der Waals surface area contributed by atoms with Crippen molar-refractivity contribution < 1.29 is 9.72 Å². The molecule has 0 unspecified atom stereocenters. The van der Waals surface area contributed by atoms with Crippen molar-refractivity contribution in [2.45, 2.75) is 0 Å². The third kappa shape index (κ3) is 3.79. The number of aromatic nitrogens is 1. The maximum Gasteiger partial charge on any atom is 0.287 e. The van der Waals surface area contributed by atoms with Gasteiger partial charge in [-0.25, -0.2) is 4.98 Å². The van der Waals surface area contributed by atoms with Crippen molar-refractivity contribution in [3.63, 3.8) is 0 Å². The molecule has 0 saturated heterocycles.